The van der Waals surface area contributed by atoms with Crippen molar-refractivity contribution in [2.75, 3.05) is 5.43 Å². The molecule has 0 fully saturated rings. The van der Waals surface area contributed by atoms with Crippen molar-refractivity contribution in [3.63, 3.8) is 0 Å². The van der Waals surface area contributed by atoms with Gasteiger partial charge >= 0.3 is 0 Å². The number of fused-ring (bicyclic) bond motifs is 1. The lowest BCUT2D eigenvalue weighted by atomic mass is 10.2. The number of nitrogens with two attached hydrogens (primary N) is 1. The number of hydrazine groups is 1. The van der Waals surface area contributed by atoms with Crippen molar-refractivity contribution >= 4 is 16.9 Å². The van der Waals surface area contributed by atoms with Gasteiger partial charge in [-0.05, 0) is 31.2 Å². The third-order valence-corrected chi connectivity index (χ3v) is 2.93. The van der Waals surface area contributed by atoms with Crippen LogP contribution in [0, 0.1) is 6.92 Å². The fourth-order valence-electron chi connectivity index (χ4n) is 1.91. The van der Waals surface area contributed by atoms with Gasteiger partial charge in [-0.15, -0.1) is 0 Å². The smallest absolute Gasteiger partial charge is 0.241 e. The second-order valence-corrected chi connectivity index (χ2v) is 4.43. The van der Waals surface area contributed by atoms with Crippen molar-refractivity contribution in [3.8, 4) is 11.6 Å². The maximum absolute atomic E-state index is 5.84. The van der Waals surface area contributed by atoms with Crippen LogP contribution in [-0.2, 0) is 0 Å². The molecule has 20 heavy (non-hydrogen) atoms. The zero-order chi connectivity index (χ0) is 13.9. The summed E-state index contributed by atoms with van der Waals surface area (Å²) in [6.45, 7) is 2.03. The number of nitrogens with zero attached hydrogens (tertiary/aromatic N) is 2. The lowest BCUT2D eigenvalue weighted by Crippen LogP contribution is -2.11. The van der Waals surface area contributed by atoms with Gasteiger partial charge in [-0.3, -0.25) is 5.43 Å². The topological polar surface area (TPSA) is 73.1 Å². The van der Waals surface area contributed by atoms with Gasteiger partial charge in [0.25, 0.3) is 0 Å². The molecule has 0 spiro atoms. The minimum absolute atomic E-state index is 0.325. The molecular weight excluding hydrogens is 252 g/mol. The van der Waals surface area contributed by atoms with E-state index in [2.05, 4.69) is 15.4 Å². The number of para-hydroxylation sites is 1. The van der Waals surface area contributed by atoms with E-state index < -0.39 is 0 Å². The first-order valence-corrected chi connectivity index (χ1v) is 6.24. The molecule has 100 valence electrons. The van der Waals surface area contributed by atoms with Crippen LogP contribution in [0.4, 0.5) is 5.95 Å². The van der Waals surface area contributed by atoms with Crippen molar-refractivity contribution in [2.24, 2.45) is 5.84 Å². The quantitative estimate of drug-likeness (QED) is 0.563. The molecule has 3 N–H and O–H groups in total. The summed E-state index contributed by atoms with van der Waals surface area (Å²) in [7, 11) is 0. The fraction of sp³-hybridized carbons (Fsp3) is 0.0667. The van der Waals surface area contributed by atoms with Crippen molar-refractivity contribution in [1.29, 1.82) is 0 Å². The van der Waals surface area contributed by atoms with Gasteiger partial charge in [0.15, 0.2) is 0 Å². The van der Waals surface area contributed by atoms with Crippen molar-refractivity contribution < 1.29 is 4.74 Å². The summed E-state index contributed by atoms with van der Waals surface area (Å²) in [5.74, 6) is 6.92. The highest BCUT2D eigenvalue weighted by Gasteiger charge is 2.08. The summed E-state index contributed by atoms with van der Waals surface area (Å²) in [6.07, 6.45) is 0. The highest BCUT2D eigenvalue weighted by Crippen LogP contribution is 2.28. The van der Waals surface area contributed by atoms with E-state index in [1.54, 1.807) is 0 Å². The summed E-state index contributed by atoms with van der Waals surface area (Å²) in [4.78, 5) is 8.55. The Balaban J connectivity index is 2.07. The highest BCUT2D eigenvalue weighted by molar-refractivity contribution is 5.84. The molecule has 0 aliphatic carbocycles. The van der Waals surface area contributed by atoms with Crippen LogP contribution in [0.25, 0.3) is 10.9 Å². The first-order chi connectivity index (χ1) is 9.76. The molecule has 0 amide bonds. The number of rotatable bonds is 3. The lowest BCUT2D eigenvalue weighted by Gasteiger charge is -2.09. The van der Waals surface area contributed by atoms with Gasteiger partial charge in [0, 0.05) is 0 Å². The second kappa shape index (κ2) is 5.14. The Labute approximate surface area is 116 Å². The van der Waals surface area contributed by atoms with E-state index >= 15 is 0 Å². The zero-order valence-corrected chi connectivity index (χ0v) is 11.0. The largest absolute Gasteiger partial charge is 0.438 e. The SMILES string of the molecule is Cc1ccc(Oc2nc(NN)nc3ccccc23)cc1. The van der Waals surface area contributed by atoms with Crippen LogP contribution in [0.5, 0.6) is 11.6 Å². The molecule has 2 aromatic carbocycles. The molecule has 1 heterocycles. The Morgan fingerprint density at radius 2 is 1.75 bits per heavy atom. The van der Waals surface area contributed by atoms with E-state index in [1.807, 2.05) is 55.5 Å². The van der Waals surface area contributed by atoms with E-state index in [-0.39, 0.29) is 0 Å². The van der Waals surface area contributed by atoms with Crippen LogP contribution in [-0.4, -0.2) is 9.97 Å². The highest BCUT2D eigenvalue weighted by atomic mass is 16.5. The molecule has 0 saturated carbocycles. The Kier molecular flexibility index (Phi) is 3.18. The summed E-state index contributed by atoms with van der Waals surface area (Å²) >= 11 is 0. The first-order valence-electron chi connectivity index (χ1n) is 6.24. The molecule has 0 saturated heterocycles. The molecule has 0 aliphatic heterocycles. The molecule has 0 bridgehead atoms. The average Bonchev–Trinajstić information content (AvgIpc) is 2.49. The number of benzene rings is 2. The van der Waals surface area contributed by atoms with Gasteiger partial charge in [0.2, 0.25) is 11.8 Å². The molecule has 3 aromatic rings. The summed E-state index contributed by atoms with van der Waals surface area (Å²) in [5.41, 5.74) is 4.40. The molecule has 1 aromatic heterocycles. The lowest BCUT2D eigenvalue weighted by molar-refractivity contribution is 0.469. The monoisotopic (exact) mass is 266 g/mol. The number of hydrogen-bond acceptors (Lipinski definition) is 5. The van der Waals surface area contributed by atoms with Crippen LogP contribution in [0.1, 0.15) is 5.56 Å². The molecule has 3 rings (SSSR count). The maximum atomic E-state index is 5.84. The normalized spacial score (nSPS) is 10.5. The average molecular weight is 266 g/mol. The predicted molar refractivity (Wildman–Crippen MR) is 78.6 cm³/mol. The van der Waals surface area contributed by atoms with E-state index in [4.69, 9.17) is 10.6 Å². The fourth-order valence-corrected chi connectivity index (χ4v) is 1.91. The Bertz CT molecular complexity index is 740. The van der Waals surface area contributed by atoms with Gasteiger partial charge in [-0.2, -0.15) is 4.98 Å². The predicted octanol–water partition coefficient (Wildman–Crippen LogP) is 3.02. The number of anilines is 1. The summed E-state index contributed by atoms with van der Waals surface area (Å²) in [5, 5.41) is 0.840. The van der Waals surface area contributed by atoms with Gasteiger partial charge in [0.05, 0.1) is 10.9 Å². The van der Waals surface area contributed by atoms with Gasteiger partial charge in [-0.1, -0.05) is 29.8 Å². The number of ether oxygens (including phenoxy) is 1. The molecule has 0 unspecified atom stereocenters. The van der Waals surface area contributed by atoms with Crippen LogP contribution in [0.3, 0.4) is 0 Å². The van der Waals surface area contributed by atoms with Gasteiger partial charge in [0.1, 0.15) is 5.75 Å². The Morgan fingerprint density at radius 3 is 2.50 bits per heavy atom. The molecule has 5 nitrogen and oxygen atoms in total. The number of hydrogen-bond donors (Lipinski definition) is 2. The van der Waals surface area contributed by atoms with Crippen molar-refractivity contribution in [3.05, 3.63) is 54.1 Å². The number of nitrogen functional groups attached to an aromatic ring is 1. The molecule has 0 radical (unpaired) electrons. The molecular formula is C15H14N4O. The Morgan fingerprint density at radius 1 is 1.00 bits per heavy atom. The first kappa shape index (κ1) is 12.4. The summed E-state index contributed by atoms with van der Waals surface area (Å²) in [6, 6.07) is 15.4. The number of aromatic nitrogens is 2. The minimum atomic E-state index is 0.325. The van der Waals surface area contributed by atoms with Crippen molar-refractivity contribution in [1.82, 2.24) is 9.97 Å². The number of aryl methyl sites for hydroxylation is 1. The third-order valence-electron chi connectivity index (χ3n) is 2.93. The van der Waals surface area contributed by atoms with E-state index in [0.29, 0.717) is 11.8 Å². The zero-order valence-electron chi connectivity index (χ0n) is 11.0. The number of nitrogens with one attached hydrogen (secondary N) is 1. The van der Waals surface area contributed by atoms with Gasteiger partial charge in [-0.25, -0.2) is 10.8 Å². The van der Waals surface area contributed by atoms with Crippen LogP contribution >= 0.6 is 0 Å². The standard InChI is InChI=1S/C15H14N4O/c1-10-6-8-11(9-7-10)20-14-12-4-2-3-5-13(12)17-15(18-14)19-16/h2-9H,16H2,1H3,(H,17,18,19). The van der Waals surface area contributed by atoms with Crippen LogP contribution in [0.2, 0.25) is 0 Å². The molecule has 0 atom stereocenters. The second-order valence-electron chi connectivity index (χ2n) is 4.43. The molecule has 0 aliphatic rings. The van der Waals surface area contributed by atoms with Crippen LogP contribution in [0.15, 0.2) is 48.5 Å². The molecule has 5 heteroatoms. The van der Waals surface area contributed by atoms with E-state index in [9.17, 15) is 0 Å². The van der Waals surface area contributed by atoms with Crippen molar-refractivity contribution in [2.45, 2.75) is 6.92 Å². The third kappa shape index (κ3) is 2.39. The Hall–Kier alpha value is -2.66. The van der Waals surface area contributed by atoms with Gasteiger partial charge < -0.3 is 4.74 Å². The van der Waals surface area contributed by atoms with E-state index in [1.165, 1.54) is 5.56 Å². The minimum Gasteiger partial charge on any atom is -0.438 e. The van der Waals surface area contributed by atoms with Crippen LogP contribution < -0.4 is 16.0 Å². The van der Waals surface area contributed by atoms with E-state index in [0.717, 1.165) is 16.7 Å². The maximum Gasteiger partial charge on any atom is 0.241 e. The summed E-state index contributed by atoms with van der Waals surface area (Å²) < 4.78 is 5.84.